The highest BCUT2D eigenvalue weighted by Crippen LogP contribution is 2.25. The molecular formula is C9H9ClS. The summed E-state index contributed by atoms with van der Waals surface area (Å²) in [6, 6.07) is 10.0. The summed E-state index contributed by atoms with van der Waals surface area (Å²) < 4.78 is -0.0302. The van der Waals surface area contributed by atoms with Crippen LogP contribution in [-0.4, -0.2) is 4.71 Å². The maximum absolute atomic E-state index is 5.84. The van der Waals surface area contributed by atoms with Crippen molar-refractivity contribution in [3.8, 4) is 0 Å². The van der Waals surface area contributed by atoms with Crippen LogP contribution >= 0.6 is 23.4 Å². The number of hydrogen-bond acceptors (Lipinski definition) is 1. The molecule has 0 bridgehead atoms. The Morgan fingerprint density at radius 3 is 2.55 bits per heavy atom. The summed E-state index contributed by atoms with van der Waals surface area (Å²) in [4.78, 5) is 1.17. The van der Waals surface area contributed by atoms with Gasteiger partial charge in [0.2, 0.25) is 0 Å². The molecule has 11 heavy (non-hydrogen) atoms. The lowest BCUT2D eigenvalue weighted by atomic mass is 10.4. The number of thioether (sulfide) groups is 1. The third-order valence-electron chi connectivity index (χ3n) is 1.18. The molecule has 0 N–H and O–H groups in total. The summed E-state index contributed by atoms with van der Waals surface area (Å²) in [5.41, 5.74) is 0. The lowest BCUT2D eigenvalue weighted by Gasteiger charge is -2.01. The second kappa shape index (κ2) is 4.47. The van der Waals surface area contributed by atoms with E-state index in [1.165, 1.54) is 4.90 Å². The van der Waals surface area contributed by atoms with Crippen molar-refractivity contribution in [2.24, 2.45) is 0 Å². The second-order valence-electron chi connectivity index (χ2n) is 2.02. The zero-order valence-electron chi connectivity index (χ0n) is 6.03. The van der Waals surface area contributed by atoms with Crippen LogP contribution in [0, 0.1) is 0 Å². The van der Waals surface area contributed by atoms with Gasteiger partial charge in [-0.25, -0.2) is 0 Å². The fourth-order valence-electron chi connectivity index (χ4n) is 0.677. The highest BCUT2D eigenvalue weighted by atomic mass is 35.5. The molecular weight excluding hydrogens is 176 g/mol. The minimum Gasteiger partial charge on any atom is -0.106 e. The van der Waals surface area contributed by atoms with E-state index in [2.05, 4.69) is 6.58 Å². The summed E-state index contributed by atoms with van der Waals surface area (Å²) in [6.45, 7) is 3.60. The van der Waals surface area contributed by atoms with Gasteiger partial charge >= 0.3 is 0 Å². The van der Waals surface area contributed by atoms with Crippen LogP contribution in [-0.2, 0) is 0 Å². The van der Waals surface area contributed by atoms with Gasteiger partial charge in [0.05, 0.1) is 0 Å². The van der Waals surface area contributed by atoms with Gasteiger partial charge in [-0.05, 0) is 12.1 Å². The molecule has 1 atom stereocenters. The molecule has 0 fully saturated rings. The smallest absolute Gasteiger partial charge is 0.101 e. The summed E-state index contributed by atoms with van der Waals surface area (Å²) in [7, 11) is 0. The Morgan fingerprint density at radius 2 is 2.00 bits per heavy atom. The molecule has 0 aliphatic heterocycles. The highest BCUT2D eigenvalue weighted by molar-refractivity contribution is 8.01. The van der Waals surface area contributed by atoms with Crippen LogP contribution < -0.4 is 0 Å². The van der Waals surface area contributed by atoms with Crippen LogP contribution in [0.1, 0.15) is 0 Å². The number of benzene rings is 1. The van der Waals surface area contributed by atoms with E-state index < -0.39 is 0 Å². The maximum Gasteiger partial charge on any atom is 0.101 e. The van der Waals surface area contributed by atoms with Gasteiger partial charge in [-0.1, -0.05) is 24.3 Å². The van der Waals surface area contributed by atoms with Gasteiger partial charge in [0, 0.05) is 4.90 Å². The predicted molar refractivity (Wildman–Crippen MR) is 52.1 cm³/mol. The van der Waals surface area contributed by atoms with Crippen molar-refractivity contribution >= 4 is 23.4 Å². The fourth-order valence-corrected chi connectivity index (χ4v) is 1.66. The van der Waals surface area contributed by atoms with E-state index in [4.69, 9.17) is 11.6 Å². The number of rotatable bonds is 3. The first-order chi connectivity index (χ1) is 5.33. The molecule has 0 spiro atoms. The lowest BCUT2D eigenvalue weighted by Crippen LogP contribution is -1.82. The van der Waals surface area contributed by atoms with Crippen LogP contribution in [0.5, 0.6) is 0 Å². The Kier molecular flexibility index (Phi) is 3.53. The number of halogens is 1. The monoisotopic (exact) mass is 184 g/mol. The van der Waals surface area contributed by atoms with E-state index in [1.54, 1.807) is 17.8 Å². The van der Waals surface area contributed by atoms with Crippen LogP contribution in [0.15, 0.2) is 47.9 Å². The summed E-state index contributed by atoms with van der Waals surface area (Å²) in [6.07, 6.45) is 1.72. The van der Waals surface area contributed by atoms with E-state index in [9.17, 15) is 0 Å². The molecule has 2 heteroatoms. The van der Waals surface area contributed by atoms with Crippen molar-refractivity contribution in [1.29, 1.82) is 0 Å². The molecule has 1 unspecified atom stereocenters. The summed E-state index contributed by atoms with van der Waals surface area (Å²) in [5.74, 6) is 0. The minimum atomic E-state index is -0.0302. The first-order valence-corrected chi connectivity index (χ1v) is 4.63. The minimum absolute atomic E-state index is 0.0302. The van der Waals surface area contributed by atoms with Crippen LogP contribution in [0.2, 0.25) is 0 Å². The van der Waals surface area contributed by atoms with Crippen molar-refractivity contribution < 1.29 is 0 Å². The third-order valence-corrected chi connectivity index (χ3v) is 2.58. The van der Waals surface area contributed by atoms with E-state index in [0.29, 0.717) is 0 Å². The zero-order valence-corrected chi connectivity index (χ0v) is 7.61. The molecule has 0 saturated heterocycles. The lowest BCUT2D eigenvalue weighted by molar-refractivity contribution is 1.45. The standard InChI is InChI=1S/C9H9ClS/c1-2-9(10)11-8-6-4-3-5-7-8/h2-7,9H,1H2. The molecule has 0 radical (unpaired) electrons. The SMILES string of the molecule is C=CC(Cl)Sc1ccccc1. The topological polar surface area (TPSA) is 0 Å². The van der Waals surface area contributed by atoms with Crippen LogP contribution in [0.25, 0.3) is 0 Å². The van der Waals surface area contributed by atoms with E-state index in [1.807, 2.05) is 30.3 Å². The Labute approximate surface area is 76.3 Å². The molecule has 58 valence electrons. The zero-order chi connectivity index (χ0) is 8.10. The van der Waals surface area contributed by atoms with Crippen molar-refractivity contribution in [3.63, 3.8) is 0 Å². The van der Waals surface area contributed by atoms with Gasteiger partial charge in [-0.3, -0.25) is 0 Å². The van der Waals surface area contributed by atoms with Crippen LogP contribution in [0.3, 0.4) is 0 Å². The summed E-state index contributed by atoms with van der Waals surface area (Å²) in [5, 5.41) is 0. The van der Waals surface area contributed by atoms with Gasteiger partial charge in [0.25, 0.3) is 0 Å². The number of hydrogen-bond donors (Lipinski definition) is 0. The third kappa shape index (κ3) is 3.00. The first-order valence-electron chi connectivity index (χ1n) is 3.31. The first kappa shape index (κ1) is 8.69. The Balaban J connectivity index is 2.57. The number of alkyl halides is 1. The largest absolute Gasteiger partial charge is 0.106 e. The molecule has 0 nitrogen and oxygen atoms in total. The molecule has 1 rings (SSSR count). The van der Waals surface area contributed by atoms with Gasteiger partial charge in [-0.2, -0.15) is 0 Å². The molecule has 0 amide bonds. The van der Waals surface area contributed by atoms with Crippen molar-refractivity contribution in [2.75, 3.05) is 0 Å². The fraction of sp³-hybridized carbons (Fsp3) is 0.111. The molecule has 0 aromatic heterocycles. The predicted octanol–water partition coefficient (Wildman–Crippen LogP) is 3.53. The average molecular weight is 185 g/mol. The molecule has 0 heterocycles. The van der Waals surface area contributed by atoms with Crippen LogP contribution in [0.4, 0.5) is 0 Å². The van der Waals surface area contributed by atoms with Crippen molar-refractivity contribution in [1.82, 2.24) is 0 Å². The molecule has 0 aliphatic rings. The molecule has 0 saturated carbocycles. The van der Waals surface area contributed by atoms with Crippen molar-refractivity contribution in [3.05, 3.63) is 43.0 Å². The van der Waals surface area contributed by atoms with Gasteiger partial charge in [0.1, 0.15) is 4.71 Å². The van der Waals surface area contributed by atoms with Gasteiger partial charge < -0.3 is 0 Å². The van der Waals surface area contributed by atoms with Crippen molar-refractivity contribution in [2.45, 2.75) is 9.60 Å². The maximum atomic E-state index is 5.84. The van der Waals surface area contributed by atoms with E-state index >= 15 is 0 Å². The summed E-state index contributed by atoms with van der Waals surface area (Å²) >= 11 is 7.44. The molecule has 1 aromatic carbocycles. The highest BCUT2D eigenvalue weighted by Gasteiger charge is 1.99. The van der Waals surface area contributed by atoms with Gasteiger partial charge in [0.15, 0.2) is 0 Å². The van der Waals surface area contributed by atoms with E-state index in [-0.39, 0.29) is 4.71 Å². The molecule has 0 aliphatic carbocycles. The average Bonchev–Trinajstić information content (AvgIpc) is 2.06. The Hall–Kier alpha value is -0.400. The quantitative estimate of drug-likeness (QED) is 0.394. The normalized spacial score (nSPS) is 12.5. The Morgan fingerprint density at radius 1 is 1.36 bits per heavy atom. The Bertz CT molecular complexity index is 220. The van der Waals surface area contributed by atoms with Gasteiger partial charge in [-0.15, -0.1) is 29.9 Å². The molecule has 1 aromatic rings. The second-order valence-corrected chi connectivity index (χ2v) is 3.96. The van der Waals surface area contributed by atoms with E-state index in [0.717, 1.165) is 0 Å².